The van der Waals surface area contributed by atoms with Gasteiger partial charge in [0.2, 0.25) is 0 Å². The van der Waals surface area contributed by atoms with Gasteiger partial charge < -0.3 is 4.90 Å². The lowest BCUT2D eigenvalue weighted by Gasteiger charge is -2.35. The topological polar surface area (TPSA) is 56.8 Å². The molecule has 172 valence electrons. The lowest BCUT2D eigenvalue weighted by molar-refractivity contribution is 0.283. The minimum Gasteiger partial charge on any atom is -0.354 e. The van der Waals surface area contributed by atoms with Crippen LogP contribution in [-0.2, 0) is 10.0 Å². The largest absolute Gasteiger partial charge is 0.354 e. The van der Waals surface area contributed by atoms with E-state index in [1.54, 1.807) is 18.2 Å². The van der Waals surface area contributed by atoms with E-state index >= 15 is 0 Å². The van der Waals surface area contributed by atoms with Gasteiger partial charge in [-0.3, -0.25) is 9.21 Å². The average Bonchev–Trinajstić information content (AvgIpc) is 2.86. The van der Waals surface area contributed by atoms with Crippen molar-refractivity contribution in [3.63, 3.8) is 0 Å². The molecule has 1 aliphatic rings. The van der Waals surface area contributed by atoms with Crippen molar-refractivity contribution in [2.24, 2.45) is 0 Å². The van der Waals surface area contributed by atoms with Crippen molar-refractivity contribution < 1.29 is 8.42 Å². The van der Waals surface area contributed by atoms with Crippen LogP contribution in [0.5, 0.6) is 0 Å². The van der Waals surface area contributed by atoms with Gasteiger partial charge in [-0.05, 0) is 36.8 Å². The number of pyridine rings is 1. The number of benzene rings is 2. The number of anilines is 2. The predicted octanol–water partition coefficient (Wildman–Crippen LogP) is 4.13. The van der Waals surface area contributed by atoms with E-state index in [2.05, 4.69) is 39.1 Å². The third-order valence-corrected chi connectivity index (χ3v) is 7.70. The summed E-state index contributed by atoms with van der Waals surface area (Å²) in [5.74, 6) is 0.816. The van der Waals surface area contributed by atoms with Crippen molar-refractivity contribution in [2.45, 2.75) is 11.8 Å². The Morgan fingerprint density at radius 3 is 2.18 bits per heavy atom. The summed E-state index contributed by atoms with van der Waals surface area (Å²) in [4.78, 5) is 9.32. The first kappa shape index (κ1) is 23.0. The zero-order chi connectivity index (χ0) is 23.1. The van der Waals surface area contributed by atoms with Crippen LogP contribution in [-0.4, -0.2) is 57.6 Å². The molecule has 4 rings (SSSR count). The smallest absolute Gasteiger partial charge is 0.265 e. The first-order valence-corrected chi connectivity index (χ1v) is 12.7. The maximum absolute atomic E-state index is 13.2. The Labute approximate surface area is 196 Å². The van der Waals surface area contributed by atoms with Crippen LogP contribution in [0, 0.1) is 0 Å². The van der Waals surface area contributed by atoms with Gasteiger partial charge >= 0.3 is 0 Å². The second-order valence-electron chi connectivity index (χ2n) is 7.96. The highest BCUT2D eigenvalue weighted by Gasteiger charge is 2.24. The minimum absolute atomic E-state index is 0.210. The quantitative estimate of drug-likeness (QED) is 0.504. The van der Waals surface area contributed by atoms with E-state index in [-0.39, 0.29) is 4.90 Å². The second kappa shape index (κ2) is 10.6. The average molecular weight is 463 g/mol. The van der Waals surface area contributed by atoms with Gasteiger partial charge in [-0.15, -0.1) is 0 Å². The second-order valence-corrected chi connectivity index (χ2v) is 9.82. The Bertz CT molecular complexity index is 1140. The summed E-state index contributed by atoms with van der Waals surface area (Å²) in [6.07, 6.45) is 5.84. The van der Waals surface area contributed by atoms with Crippen LogP contribution >= 0.6 is 0 Å². The van der Waals surface area contributed by atoms with Crippen molar-refractivity contribution in [1.29, 1.82) is 0 Å². The third kappa shape index (κ3) is 5.61. The molecule has 1 saturated heterocycles. The summed E-state index contributed by atoms with van der Waals surface area (Å²) < 4.78 is 27.7. The zero-order valence-electron chi connectivity index (χ0n) is 18.9. The number of para-hydroxylation sites is 1. The zero-order valence-corrected chi connectivity index (χ0v) is 19.7. The molecule has 0 spiro atoms. The van der Waals surface area contributed by atoms with Crippen LogP contribution in [0.2, 0.25) is 0 Å². The highest BCUT2D eigenvalue weighted by atomic mass is 32.2. The summed E-state index contributed by atoms with van der Waals surface area (Å²) in [5.41, 5.74) is 1.87. The molecule has 3 aromatic rings. The molecule has 0 radical (unpaired) electrons. The fourth-order valence-corrected chi connectivity index (χ4v) is 5.41. The van der Waals surface area contributed by atoms with Crippen LogP contribution in [0.25, 0.3) is 6.08 Å². The van der Waals surface area contributed by atoms with Gasteiger partial charge in [-0.25, -0.2) is 13.4 Å². The molecule has 0 N–H and O–H groups in total. The fourth-order valence-electron chi connectivity index (χ4n) is 3.99. The molecule has 1 aromatic heterocycles. The Morgan fingerprint density at radius 1 is 0.909 bits per heavy atom. The van der Waals surface area contributed by atoms with Crippen LogP contribution in [0.3, 0.4) is 0 Å². The molecule has 6 nitrogen and oxygen atoms in total. The fraction of sp³-hybridized carbons (Fsp3) is 0.269. The molecule has 0 amide bonds. The van der Waals surface area contributed by atoms with Crippen LogP contribution in [0.15, 0.2) is 90.0 Å². The van der Waals surface area contributed by atoms with Gasteiger partial charge in [0.1, 0.15) is 10.7 Å². The number of piperazine rings is 1. The SMILES string of the molecule is CCN(c1ccccc1)S(=O)(=O)c1ccc(N2CCN(CC=Cc3ccccc3)CC2)nc1. The van der Waals surface area contributed by atoms with Gasteiger partial charge in [0.05, 0.1) is 5.69 Å². The molecular weight excluding hydrogens is 432 g/mol. The normalized spacial score (nSPS) is 15.1. The molecule has 1 aliphatic heterocycles. The lowest BCUT2D eigenvalue weighted by Crippen LogP contribution is -2.46. The molecule has 0 saturated carbocycles. The van der Waals surface area contributed by atoms with Gasteiger partial charge in [-0.2, -0.15) is 0 Å². The number of sulfonamides is 1. The molecule has 0 unspecified atom stereocenters. The highest BCUT2D eigenvalue weighted by Crippen LogP contribution is 2.24. The number of hydrogen-bond acceptors (Lipinski definition) is 5. The summed E-state index contributed by atoms with van der Waals surface area (Å²) in [6, 6.07) is 23.0. The third-order valence-electron chi connectivity index (χ3n) is 5.81. The number of rotatable bonds is 8. The summed E-state index contributed by atoms with van der Waals surface area (Å²) in [7, 11) is -3.66. The molecule has 0 atom stereocenters. The number of nitrogens with zero attached hydrogens (tertiary/aromatic N) is 4. The Balaban J connectivity index is 1.35. The van der Waals surface area contributed by atoms with E-state index in [1.807, 2.05) is 49.4 Å². The van der Waals surface area contributed by atoms with E-state index in [4.69, 9.17) is 0 Å². The predicted molar refractivity (Wildman–Crippen MR) is 135 cm³/mol. The van der Waals surface area contributed by atoms with Gasteiger partial charge in [0.15, 0.2) is 0 Å². The van der Waals surface area contributed by atoms with E-state index in [9.17, 15) is 8.42 Å². The van der Waals surface area contributed by atoms with E-state index in [0.717, 1.165) is 38.5 Å². The molecule has 7 heteroatoms. The number of hydrogen-bond donors (Lipinski definition) is 0. The molecule has 0 bridgehead atoms. The molecule has 0 aliphatic carbocycles. The maximum atomic E-state index is 13.2. The molecular formula is C26H30N4O2S. The minimum atomic E-state index is -3.66. The van der Waals surface area contributed by atoms with Crippen molar-refractivity contribution in [2.75, 3.05) is 48.5 Å². The first-order valence-electron chi connectivity index (χ1n) is 11.3. The molecule has 2 aromatic carbocycles. The van der Waals surface area contributed by atoms with Gasteiger partial charge in [0, 0.05) is 45.5 Å². The van der Waals surface area contributed by atoms with Gasteiger partial charge in [0.25, 0.3) is 10.0 Å². The first-order chi connectivity index (χ1) is 16.1. The van der Waals surface area contributed by atoms with Crippen molar-refractivity contribution in [3.8, 4) is 0 Å². The van der Waals surface area contributed by atoms with Gasteiger partial charge in [-0.1, -0.05) is 60.7 Å². The van der Waals surface area contributed by atoms with E-state index in [0.29, 0.717) is 12.2 Å². The standard InChI is InChI=1S/C26H30N4O2S/c1-2-30(24-13-7-4-8-14-24)33(31,32)25-15-16-26(27-22-25)29-20-18-28(19-21-29)17-9-12-23-10-5-3-6-11-23/h3-16,22H,2,17-21H2,1H3. The monoisotopic (exact) mass is 462 g/mol. The van der Waals surface area contributed by atoms with Crippen molar-refractivity contribution in [3.05, 3.63) is 90.6 Å². The van der Waals surface area contributed by atoms with Crippen LogP contribution < -0.4 is 9.21 Å². The summed E-state index contributed by atoms with van der Waals surface area (Å²) in [5, 5.41) is 0. The van der Waals surface area contributed by atoms with Crippen molar-refractivity contribution >= 4 is 27.6 Å². The number of aromatic nitrogens is 1. The molecule has 1 fully saturated rings. The van der Waals surface area contributed by atoms with Crippen LogP contribution in [0.4, 0.5) is 11.5 Å². The van der Waals surface area contributed by atoms with E-state index in [1.165, 1.54) is 16.1 Å². The Hall–Kier alpha value is -3.16. The van der Waals surface area contributed by atoms with Crippen LogP contribution in [0.1, 0.15) is 12.5 Å². The van der Waals surface area contributed by atoms with Crippen molar-refractivity contribution in [1.82, 2.24) is 9.88 Å². The van der Waals surface area contributed by atoms with E-state index < -0.39 is 10.0 Å². The maximum Gasteiger partial charge on any atom is 0.265 e. The summed E-state index contributed by atoms with van der Waals surface area (Å²) >= 11 is 0. The highest BCUT2D eigenvalue weighted by molar-refractivity contribution is 7.92. The molecule has 2 heterocycles. The molecule has 33 heavy (non-hydrogen) atoms. The summed E-state index contributed by atoms with van der Waals surface area (Å²) in [6.45, 7) is 6.72. The lowest BCUT2D eigenvalue weighted by atomic mass is 10.2. The Kier molecular flexibility index (Phi) is 7.42. The Morgan fingerprint density at radius 2 is 1.58 bits per heavy atom.